The Balaban J connectivity index is 0.000000297. The third kappa shape index (κ3) is 6.29. The molecule has 0 spiro atoms. The van der Waals surface area contributed by atoms with Gasteiger partial charge in [0.2, 0.25) is 5.75 Å². The van der Waals surface area contributed by atoms with Crippen LogP contribution < -0.4 is 18.9 Å². The smallest absolute Gasteiger partial charge is 0.254 e. The third-order valence-electron chi connectivity index (χ3n) is 4.76. The van der Waals surface area contributed by atoms with E-state index < -0.39 is 0 Å². The standard InChI is InChI=1S/C15H22N2O4.C8H10O/c1-16-5-7-17(8-6-16)15(18)11-9-12(19-2)14(21-4)13(10-11)20-3;1-2-9-8-6-4-3-5-7-8/h9-10H,5-8H2,1-4H3;3-7H,2H2,1H3. The van der Waals surface area contributed by atoms with Gasteiger partial charge in [0, 0.05) is 31.7 Å². The molecule has 0 N–H and O–H groups in total. The van der Waals surface area contributed by atoms with E-state index in [9.17, 15) is 4.79 Å². The van der Waals surface area contributed by atoms with Gasteiger partial charge in [0.05, 0.1) is 27.9 Å². The minimum atomic E-state index is -0.0117. The summed E-state index contributed by atoms with van der Waals surface area (Å²) < 4.78 is 21.1. The average Bonchev–Trinajstić information content (AvgIpc) is 2.79. The number of carbonyl (C=O) groups excluding carboxylic acids is 1. The first kappa shape index (κ1) is 23.3. The maximum Gasteiger partial charge on any atom is 0.254 e. The minimum absolute atomic E-state index is 0.0117. The predicted molar refractivity (Wildman–Crippen MR) is 117 cm³/mol. The maximum absolute atomic E-state index is 12.6. The van der Waals surface area contributed by atoms with Crippen molar-refractivity contribution in [1.29, 1.82) is 0 Å². The quantitative estimate of drug-likeness (QED) is 0.721. The number of carbonyl (C=O) groups is 1. The SMILES string of the molecule is CCOc1ccccc1.COc1cc(C(=O)N2CCN(C)CC2)cc(OC)c1OC. The van der Waals surface area contributed by atoms with E-state index in [2.05, 4.69) is 11.9 Å². The first-order valence-corrected chi connectivity index (χ1v) is 9.99. The van der Waals surface area contributed by atoms with E-state index in [-0.39, 0.29) is 5.91 Å². The second-order valence-corrected chi connectivity index (χ2v) is 6.76. The lowest BCUT2D eigenvalue weighted by atomic mass is 10.1. The zero-order valence-electron chi connectivity index (χ0n) is 18.5. The van der Waals surface area contributed by atoms with E-state index in [4.69, 9.17) is 18.9 Å². The van der Waals surface area contributed by atoms with Gasteiger partial charge in [-0.25, -0.2) is 0 Å². The highest BCUT2D eigenvalue weighted by Gasteiger charge is 2.23. The van der Waals surface area contributed by atoms with Crippen LogP contribution in [0.25, 0.3) is 0 Å². The number of hydrogen-bond acceptors (Lipinski definition) is 6. The number of benzene rings is 2. The van der Waals surface area contributed by atoms with Gasteiger partial charge in [-0.15, -0.1) is 0 Å². The van der Waals surface area contributed by atoms with E-state index in [1.807, 2.05) is 42.2 Å². The van der Waals surface area contributed by atoms with E-state index in [1.54, 1.807) is 33.5 Å². The number of piperazine rings is 1. The summed E-state index contributed by atoms with van der Waals surface area (Å²) in [6, 6.07) is 13.2. The molecule has 1 saturated heterocycles. The van der Waals surface area contributed by atoms with Crippen molar-refractivity contribution in [2.45, 2.75) is 6.92 Å². The molecule has 0 aromatic heterocycles. The van der Waals surface area contributed by atoms with E-state index in [0.29, 0.717) is 22.8 Å². The Hall–Kier alpha value is -2.93. The molecule has 7 heteroatoms. The molecular formula is C23H32N2O5. The van der Waals surface area contributed by atoms with E-state index >= 15 is 0 Å². The summed E-state index contributed by atoms with van der Waals surface area (Å²) in [5, 5.41) is 0. The van der Waals surface area contributed by atoms with Gasteiger partial charge >= 0.3 is 0 Å². The fourth-order valence-corrected chi connectivity index (χ4v) is 3.08. The number of rotatable bonds is 6. The molecule has 0 aliphatic carbocycles. The second-order valence-electron chi connectivity index (χ2n) is 6.76. The zero-order chi connectivity index (χ0) is 21.9. The van der Waals surface area contributed by atoms with Gasteiger partial charge in [0.15, 0.2) is 11.5 Å². The van der Waals surface area contributed by atoms with Crippen LogP contribution in [0.1, 0.15) is 17.3 Å². The number of methoxy groups -OCH3 is 3. The molecule has 30 heavy (non-hydrogen) atoms. The summed E-state index contributed by atoms with van der Waals surface area (Å²) in [6.45, 7) is 5.95. The molecule has 2 aromatic carbocycles. The Kier molecular flexibility index (Phi) is 9.28. The molecule has 1 aliphatic rings. The number of nitrogens with zero attached hydrogens (tertiary/aromatic N) is 2. The van der Waals surface area contributed by atoms with Crippen LogP contribution in [0.3, 0.4) is 0 Å². The van der Waals surface area contributed by atoms with Gasteiger partial charge in [-0.1, -0.05) is 18.2 Å². The number of amides is 1. The second kappa shape index (κ2) is 11.9. The normalized spacial score (nSPS) is 13.7. The topological polar surface area (TPSA) is 60.5 Å². The van der Waals surface area contributed by atoms with Gasteiger partial charge < -0.3 is 28.7 Å². The predicted octanol–water partition coefficient (Wildman–Crippen LogP) is 3.19. The average molecular weight is 417 g/mol. The first-order valence-electron chi connectivity index (χ1n) is 9.99. The molecule has 1 heterocycles. The van der Waals surface area contributed by atoms with Gasteiger partial charge in [-0.2, -0.15) is 0 Å². The first-order chi connectivity index (χ1) is 14.5. The molecule has 1 fully saturated rings. The zero-order valence-corrected chi connectivity index (χ0v) is 18.5. The Morgan fingerprint density at radius 2 is 1.47 bits per heavy atom. The Bertz CT molecular complexity index is 764. The molecular weight excluding hydrogens is 384 g/mol. The molecule has 3 rings (SSSR count). The van der Waals surface area contributed by atoms with Crippen LogP contribution in [-0.2, 0) is 0 Å². The Morgan fingerprint density at radius 3 is 1.93 bits per heavy atom. The summed E-state index contributed by atoms with van der Waals surface area (Å²) >= 11 is 0. The number of ether oxygens (including phenoxy) is 4. The summed E-state index contributed by atoms with van der Waals surface area (Å²) in [5.41, 5.74) is 0.550. The van der Waals surface area contributed by atoms with E-state index in [0.717, 1.165) is 38.5 Å². The van der Waals surface area contributed by atoms with Gasteiger partial charge in [0.1, 0.15) is 5.75 Å². The summed E-state index contributed by atoms with van der Waals surface area (Å²) in [6.07, 6.45) is 0. The van der Waals surface area contributed by atoms with Crippen molar-refractivity contribution in [3.63, 3.8) is 0 Å². The van der Waals surface area contributed by atoms with Crippen molar-refractivity contribution in [1.82, 2.24) is 9.80 Å². The third-order valence-corrected chi connectivity index (χ3v) is 4.76. The van der Waals surface area contributed by atoms with Gasteiger partial charge in [-0.3, -0.25) is 4.79 Å². The van der Waals surface area contributed by atoms with Gasteiger partial charge in [-0.05, 0) is 38.2 Å². The monoisotopic (exact) mass is 416 g/mol. The molecule has 0 unspecified atom stereocenters. The fraction of sp³-hybridized carbons (Fsp3) is 0.435. The lowest BCUT2D eigenvalue weighted by molar-refractivity contribution is 0.0663. The number of para-hydroxylation sites is 1. The van der Waals surface area contributed by atoms with Gasteiger partial charge in [0.25, 0.3) is 5.91 Å². The highest BCUT2D eigenvalue weighted by molar-refractivity contribution is 5.95. The summed E-state index contributed by atoms with van der Waals surface area (Å²) in [7, 11) is 6.69. The summed E-state index contributed by atoms with van der Waals surface area (Å²) in [5.74, 6) is 2.42. The van der Waals surface area contributed by atoms with Crippen molar-refractivity contribution in [2.24, 2.45) is 0 Å². The van der Waals surface area contributed by atoms with Crippen LogP contribution >= 0.6 is 0 Å². The number of hydrogen-bond donors (Lipinski definition) is 0. The molecule has 0 atom stereocenters. The van der Waals surface area contributed by atoms with Crippen LogP contribution in [0, 0.1) is 0 Å². The highest BCUT2D eigenvalue weighted by Crippen LogP contribution is 2.38. The Morgan fingerprint density at radius 1 is 0.900 bits per heavy atom. The van der Waals surface area contributed by atoms with Crippen LogP contribution in [0.2, 0.25) is 0 Å². The summed E-state index contributed by atoms with van der Waals surface area (Å²) in [4.78, 5) is 16.7. The van der Waals surface area contributed by atoms with Crippen LogP contribution in [-0.4, -0.2) is 76.9 Å². The molecule has 2 aromatic rings. The van der Waals surface area contributed by atoms with Crippen molar-refractivity contribution in [2.75, 3.05) is 61.2 Å². The van der Waals surface area contributed by atoms with Crippen molar-refractivity contribution in [3.05, 3.63) is 48.0 Å². The maximum atomic E-state index is 12.6. The lowest BCUT2D eigenvalue weighted by Gasteiger charge is -2.32. The molecule has 0 saturated carbocycles. The minimum Gasteiger partial charge on any atom is -0.494 e. The van der Waals surface area contributed by atoms with Crippen molar-refractivity contribution >= 4 is 5.91 Å². The molecule has 0 radical (unpaired) electrons. The van der Waals surface area contributed by atoms with Crippen molar-refractivity contribution in [3.8, 4) is 23.0 Å². The number of likely N-dealkylation sites (N-methyl/N-ethyl adjacent to an activating group) is 1. The molecule has 0 bridgehead atoms. The molecule has 1 amide bonds. The van der Waals surface area contributed by atoms with Crippen LogP contribution in [0.5, 0.6) is 23.0 Å². The largest absolute Gasteiger partial charge is 0.494 e. The highest BCUT2D eigenvalue weighted by atomic mass is 16.5. The molecule has 7 nitrogen and oxygen atoms in total. The Labute approximate surface area is 179 Å². The molecule has 1 aliphatic heterocycles. The fourth-order valence-electron chi connectivity index (χ4n) is 3.08. The molecule has 164 valence electrons. The van der Waals surface area contributed by atoms with Crippen molar-refractivity contribution < 1.29 is 23.7 Å². The van der Waals surface area contributed by atoms with E-state index in [1.165, 1.54) is 0 Å². The van der Waals surface area contributed by atoms with Crippen LogP contribution in [0.4, 0.5) is 0 Å². The van der Waals surface area contributed by atoms with Crippen LogP contribution in [0.15, 0.2) is 42.5 Å². The lowest BCUT2D eigenvalue weighted by Crippen LogP contribution is -2.47.